The van der Waals surface area contributed by atoms with E-state index in [0.717, 1.165) is 38.6 Å². The summed E-state index contributed by atoms with van der Waals surface area (Å²) in [4.78, 5) is 1.68. The second kappa shape index (κ2) is 9.65. The van der Waals surface area contributed by atoms with Crippen LogP contribution in [0.1, 0.15) is 61.3 Å². The van der Waals surface area contributed by atoms with Gasteiger partial charge in [0.05, 0.1) is 4.99 Å². The average Bonchev–Trinajstić information content (AvgIpc) is 2.74. The fraction of sp³-hybridized carbons (Fsp3) is 0.591. The summed E-state index contributed by atoms with van der Waals surface area (Å²) in [5, 5.41) is -0.376. The molecule has 0 bridgehead atoms. The highest BCUT2D eigenvalue weighted by atomic mass is 35.5. The van der Waals surface area contributed by atoms with Crippen molar-refractivity contribution in [2.45, 2.75) is 61.6 Å². The maximum Gasteiger partial charge on any atom is 0.179 e. The van der Waals surface area contributed by atoms with Crippen molar-refractivity contribution in [1.82, 2.24) is 4.90 Å². The van der Waals surface area contributed by atoms with Crippen molar-refractivity contribution in [3.63, 3.8) is 0 Å². The highest BCUT2D eigenvalue weighted by Gasteiger charge is 2.53. The molecule has 1 unspecified atom stereocenters. The molecule has 0 spiro atoms. The zero-order valence-corrected chi connectivity index (χ0v) is 19.7. The van der Waals surface area contributed by atoms with Crippen LogP contribution in [0.2, 0.25) is 5.02 Å². The third-order valence-electron chi connectivity index (χ3n) is 6.78. The molecule has 0 radical (unpaired) electrons. The van der Waals surface area contributed by atoms with Gasteiger partial charge < -0.3 is 11.5 Å². The summed E-state index contributed by atoms with van der Waals surface area (Å²) in [6.07, 6.45) is 7.39. The molecular weight excluding hydrogens is 438 g/mol. The fourth-order valence-electron chi connectivity index (χ4n) is 5.18. The van der Waals surface area contributed by atoms with Crippen molar-refractivity contribution in [2.75, 3.05) is 13.1 Å². The van der Waals surface area contributed by atoms with Crippen LogP contribution in [0.3, 0.4) is 0 Å². The van der Waals surface area contributed by atoms with Crippen LogP contribution in [0.15, 0.2) is 30.9 Å². The molecule has 30 heavy (non-hydrogen) atoms. The van der Waals surface area contributed by atoms with Crippen molar-refractivity contribution >= 4 is 38.6 Å². The smallest absolute Gasteiger partial charge is 0.179 e. The van der Waals surface area contributed by atoms with E-state index in [9.17, 15) is 8.42 Å². The van der Waals surface area contributed by atoms with Crippen LogP contribution in [-0.2, 0) is 16.4 Å². The minimum absolute atomic E-state index is 0.0516. The maximum atomic E-state index is 14.3. The summed E-state index contributed by atoms with van der Waals surface area (Å²) < 4.78 is 28.7. The van der Waals surface area contributed by atoms with E-state index in [0.29, 0.717) is 40.5 Å². The van der Waals surface area contributed by atoms with Crippen molar-refractivity contribution in [3.05, 3.63) is 47.0 Å². The van der Waals surface area contributed by atoms with Gasteiger partial charge in [0, 0.05) is 24.0 Å². The summed E-state index contributed by atoms with van der Waals surface area (Å²) in [5.41, 5.74) is 13.2. The molecule has 0 amide bonds. The Labute approximate surface area is 190 Å². The van der Waals surface area contributed by atoms with Gasteiger partial charge in [-0.1, -0.05) is 61.3 Å². The number of nitrogens with two attached hydrogens (primary N) is 2. The minimum atomic E-state index is -3.68. The number of likely N-dealkylation sites (tertiary alicyclic amines) is 1. The van der Waals surface area contributed by atoms with Crippen molar-refractivity contribution < 1.29 is 8.42 Å². The fourth-order valence-corrected chi connectivity index (χ4v) is 8.29. The van der Waals surface area contributed by atoms with E-state index in [1.807, 2.05) is 6.07 Å². The molecule has 2 atom stereocenters. The van der Waals surface area contributed by atoms with Crippen molar-refractivity contribution in [3.8, 4) is 0 Å². The molecule has 0 aromatic heterocycles. The standard InChI is InChI=1S/C22H32ClN3O2S2/c1-2-20(17-9-6-10-19(23)18(17)14-24)30(27,28)22(11-4-3-5-12-22)26-13-7-8-16(15-26)21(25)29/h2,6,9-10,16,20H,1,3-5,7-8,11-15,24H2,(H2,25,29)/t16-,20?/m0/s1. The lowest BCUT2D eigenvalue weighted by molar-refractivity contribution is 0.0835. The highest BCUT2D eigenvalue weighted by molar-refractivity contribution is 7.93. The molecule has 3 rings (SSSR count). The molecule has 5 nitrogen and oxygen atoms in total. The second-order valence-corrected chi connectivity index (χ2v) is 11.6. The topological polar surface area (TPSA) is 89.4 Å². The van der Waals surface area contributed by atoms with Crippen LogP contribution < -0.4 is 11.5 Å². The summed E-state index contributed by atoms with van der Waals surface area (Å²) in [6, 6.07) is 5.33. The largest absolute Gasteiger partial charge is 0.393 e. The van der Waals surface area contributed by atoms with E-state index in [2.05, 4.69) is 11.5 Å². The van der Waals surface area contributed by atoms with E-state index >= 15 is 0 Å². The van der Waals surface area contributed by atoms with Crippen LogP contribution >= 0.6 is 23.8 Å². The molecular formula is C22H32ClN3O2S2. The van der Waals surface area contributed by atoms with Gasteiger partial charge in [0.25, 0.3) is 0 Å². The Morgan fingerprint density at radius 2 is 2.03 bits per heavy atom. The first-order valence-electron chi connectivity index (χ1n) is 10.7. The Bertz CT molecular complexity index is 898. The predicted octanol–water partition coefficient (Wildman–Crippen LogP) is 4.10. The van der Waals surface area contributed by atoms with E-state index < -0.39 is 20.0 Å². The molecule has 4 N–H and O–H groups in total. The van der Waals surface area contributed by atoms with Crippen LogP contribution in [0.4, 0.5) is 0 Å². The lowest BCUT2D eigenvalue weighted by Crippen LogP contribution is -2.60. The van der Waals surface area contributed by atoms with Gasteiger partial charge in [-0.15, -0.1) is 6.58 Å². The number of halogens is 1. The molecule has 1 aromatic carbocycles. The number of hydrogen-bond donors (Lipinski definition) is 2. The first-order valence-corrected chi connectivity index (χ1v) is 13.0. The van der Waals surface area contributed by atoms with Gasteiger partial charge in [-0.25, -0.2) is 8.42 Å². The zero-order valence-electron chi connectivity index (χ0n) is 17.4. The number of nitrogens with zero attached hydrogens (tertiary/aromatic N) is 1. The number of rotatable bonds is 7. The molecule has 1 aromatic rings. The molecule has 1 saturated carbocycles. The third-order valence-corrected chi connectivity index (χ3v) is 10.3. The first kappa shape index (κ1) is 23.7. The highest BCUT2D eigenvalue weighted by Crippen LogP contribution is 2.46. The molecule has 8 heteroatoms. The Balaban J connectivity index is 2.09. The maximum absolute atomic E-state index is 14.3. The number of piperidine rings is 1. The van der Waals surface area contributed by atoms with Crippen molar-refractivity contribution in [2.24, 2.45) is 17.4 Å². The molecule has 1 aliphatic heterocycles. The normalized spacial score (nSPS) is 23.6. The van der Waals surface area contributed by atoms with Gasteiger partial charge in [0.2, 0.25) is 0 Å². The van der Waals surface area contributed by atoms with Crippen LogP contribution in [-0.4, -0.2) is 36.3 Å². The number of hydrogen-bond acceptors (Lipinski definition) is 5. The lowest BCUT2D eigenvalue weighted by atomic mass is 9.89. The van der Waals surface area contributed by atoms with Crippen LogP contribution in [0.5, 0.6) is 0 Å². The van der Waals surface area contributed by atoms with Crippen LogP contribution in [0.25, 0.3) is 0 Å². The van der Waals surface area contributed by atoms with Gasteiger partial charge in [-0.3, -0.25) is 4.90 Å². The Kier molecular flexibility index (Phi) is 7.62. The predicted molar refractivity (Wildman–Crippen MR) is 128 cm³/mol. The Morgan fingerprint density at radius 1 is 1.33 bits per heavy atom. The minimum Gasteiger partial charge on any atom is -0.393 e. The van der Waals surface area contributed by atoms with Gasteiger partial charge in [-0.05, 0) is 49.4 Å². The van der Waals surface area contributed by atoms with E-state index in [4.69, 9.17) is 35.3 Å². The molecule has 1 aliphatic carbocycles. The molecule has 1 saturated heterocycles. The molecule has 166 valence electrons. The van der Waals surface area contributed by atoms with Gasteiger partial charge in [-0.2, -0.15) is 0 Å². The van der Waals surface area contributed by atoms with Crippen molar-refractivity contribution in [1.29, 1.82) is 0 Å². The first-order chi connectivity index (χ1) is 14.3. The molecule has 2 aliphatic rings. The Morgan fingerprint density at radius 3 is 2.63 bits per heavy atom. The van der Waals surface area contributed by atoms with E-state index in [1.165, 1.54) is 6.08 Å². The Hall–Kier alpha value is -0.990. The summed E-state index contributed by atoms with van der Waals surface area (Å²) in [6.45, 7) is 5.41. The van der Waals surface area contributed by atoms with Gasteiger partial charge in [0.15, 0.2) is 9.84 Å². The third kappa shape index (κ3) is 4.19. The van der Waals surface area contributed by atoms with E-state index in [1.54, 1.807) is 12.1 Å². The zero-order chi connectivity index (χ0) is 21.9. The summed E-state index contributed by atoms with van der Waals surface area (Å²) >= 11 is 11.6. The molecule has 1 heterocycles. The lowest BCUT2D eigenvalue weighted by Gasteiger charge is -2.49. The van der Waals surface area contributed by atoms with Gasteiger partial charge >= 0.3 is 0 Å². The quantitative estimate of drug-likeness (QED) is 0.461. The number of sulfone groups is 1. The van der Waals surface area contributed by atoms with Gasteiger partial charge in [0.1, 0.15) is 10.1 Å². The monoisotopic (exact) mass is 469 g/mol. The second-order valence-electron chi connectivity index (χ2n) is 8.41. The summed E-state index contributed by atoms with van der Waals surface area (Å²) in [5.74, 6) is 0.0516. The summed E-state index contributed by atoms with van der Waals surface area (Å²) in [7, 11) is -3.68. The molecule has 2 fully saturated rings. The van der Waals surface area contributed by atoms with E-state index in [-0.39, 0.29) is 12.5 Å². The van der Waals surface area contributed by atoms with Crippen LogP contribution in [0, 0.1) is 5.92 Å². The number of thiocarbonyl (C=S) groups is 1. The number of benzene rings is 1. The SMILES string of the molecule is C=CC(c1cccc(Cl)c1CN)S(=O)(=O)C1(N2CCC[C@H](C(N)=S)C2)CCCCC1. The average molecular weight is 470 g/mol.